The highest BCUT2D eigenvalue weighted by Crippen LogP contribution is 2.22. The fourth-order valence-electron chi connectivity index (χ4n) is 2.22. The molecule has 3 nitrogen and oxygen atoms in total. The van der Waals surface area contributed by atoms with Crippen LogP contribution >= 0.6 is 23.7 Å². The number of thiophene rings is 1. The van der Waals surface area contributed by atoms with E-state index >= 15 is 0 Å². The van der Waals surface area contributed by atoms with Gasteiger partial charge in [-0.15, -0.1) is 23.7 Å². The molecule has 0 amide bonds. The first-order valence-corrected chi connectivity index (χ1v) is 8.09. The minimum absolute atomic E-state index is 0. The minimum Gasteiger partial charge on any atom is -0.490 e. The summed E-state index contributed by atoms with van der Waals surface area (Å²) in [6, 6.07) is 10.4. The average molecular weight is 342 g/mol. The summed E-state index contributed by atoms with van der Waals surface area (Å²) in [6.45, 7) is 6.96. The molecule has 2 aromatic rings. The van der Waals surface area contributed by atoms with Crippen LogP contribution in [0.3, 0.4) is 0 Å². The number of benzene rings is 1. The van der Waals surface area contributed by atoms with Crippen molar-refractivity contribution in [1.82, 2.24) is 5.32 Å². The molecule has 0 saturated carbocycles. The fourth-order valence-corrected chi connectivity index (χ4v) is 2.98. The molecule has 0 radical (unpaired) electrons. The van der Waals surface area contributed by atoms with E-state index in [1.807, 2.05) is 38.1 Å². The molecule has 22 heavy (non-hydrogen) atoms. The SMILES string of the molecule is Cc1cccc(C)c1OCC(O)CNC(C)c1cccs1.Cl. The highest BCUT2D eigenvalue weighted by atomic mass is 35.5. The first kappa shape index (κ1) is 19.0. The van der Waals surface area contributed by atoms with E-state index in [1.165, 1.54) is 4.88 Å². The van der Waals surface area contributed by atoms with Gasteiger partial charge in [-0.3, -0.25) is 0 Å². The number of hydrogen-bond donors (Lipinski definition) is 2. The van der Waals surface area contributed by atoms with Gasteiger partial charge in [0.05, 0.1) is 0 Å². The van der Waals surface area contributed by atoms with E-state index < -0.39 is 6.10 Å². The molecule has 0 aliphatic carbocycles. The number of aliphatic hydroxyl groups excluding tert-OH is 1. The van der Waals surface area contributed by atoms with Crippen molar-refractivity contribution in [2.75, 3.05) is 13.2 Å². The molecule has 1 aromatic carbocycles. The van der Waals surface area contributed by atoms with Crippen molar-refractivity contribution in [3.63, 3.8) is 0 Å². The second-order valence-electron chi connectivity index (χ2n) is 5.33. The Morgan fingerprint density at radius 1 is 1.18 bits per heavy atom. The van der Waals surface area contributed by atoms with Crippen molar-refractivity contribution in [1.29, 1.82) is 0 Å². The molecule has 2 rings (SSSR count). The third-order valence-electron chi connectivity index (χ3n) is 3.46. The van der Waals surface area contributed by atoms with E-state index in [1.54, 1.807) is 11.3 Å². The molecule has 2 unspecified atom stereocenters. The van der Waals surface area contributed by atoms with Crippen molar-refractivity contribution in [2.45, 2.75) is 32.9 Å². The molecule has 2 atom stereocenters. The predicted octanol–water partition coefficient (Wildman–Crippen LogP) is 3.88. The number of para-hydroxylation sites is 1. The number of hydrogen-bond acceptors (Lipinski definition) is 4. The van der Waals surface area contributed by atoms with Gasteiger partial charge >= 0.3 is 0 Å². The van der Waals surface area contributed by atoms with Gasteiger partial charge in [-0.1, -0.05) is 24.3 Å². The van der Waals surface area contributed by atoms with Crippen LogP contribution in [0, 0.1) is 13.8 Å². The average Bonchev–Trinajstić information content (AvgIpc) is 2.98. The van der Waals surface area contributed by atoms with E-state index in [4.69, 9.17) is 4.74 Å². The van der Waals surface area contributed by atoms with Crippen LogP contribution in [0.1, 0.15) is 29.0 Å². The molecule has 0 bridgehead atoms. The normalized spacial score (nSPS) is 13.3. The third kappa shape index (κ3) is 5.29. The number of ether oxygens (including phenoxy) is 1. The van der Waals surface area contributed by atoms with Gasteiger partial charge in [0.25, 0.3) is 0 Å². The maximum atomic E-state index is 10.1. The summed E-state index contributed by atoms with van der Waals surface area (Å²) in [7, 11) is 0. The Kier molecular flexibility index (Phi) is 7.90. The van der Waals surface area contributed by atoms with Crippen molar-refractivity contribution in [3.05, 3.63) is 51.7 Å². The van der Waals surface area contributed by atoms with E-state index in [2.05, 4.69) is 23.7 Å². The third-order valence-corrected chi connectivity index (χ3v) is 4.51. The van der Waals surface area contributed by atoms with Crippen LogP contribution in [0.5, 0.6) is 5.75 Å². The van der Waals surface area contributed by atoms with Gasteiger partial charge in [0.2, 0.25) is 0 Å². The summed E-state index contributed by atoms with van der Waals surface area (Å²) in [5, 5.41) is 15.4. The highest BCUT2D eigenvalue weighted by Gasteiger charge is 2.11. The molecule has 0 aliphatic heterocycles. The molecule has 2 N–H and O–H groups in total. The lowest BCUT2D eigenvalue weighted by molar-refractivity contribution is 0.103. The second kappa shape index (κ2) is 9.16. The van der Waals surface area contributed by atoms with Crippen molar-refractivity contribution < 1.29 is 9.84 Å². The number of nitrogens with one attached hydrogen (secondary N) is 1. The molecule has 122 valence electrons. The van der Waals surface area contributed by atoms with Crippen LogP contribution < -0.4 is 10.1 Å². The van der Waals surface area contributed by atoms with Gasteiger partial charge < -0.3 is 15.2 Å². The summed E-state index contributed by atoms with van der Waals surface area (Å²) < 4.78 is 5.76. The van der Waals surface area contributed by atoms with Crippen molar-refractivity contribution in [3.8, 4) is 5.75 Å². The van der Waals surface area contributed by atoms with Gasteiger partial charge in [-0.05, 0) is 43.3 Å². The first-order chi connectivity index (χ1) is 10.1. The van der Waals surface area contributed by atoms with E-state index in [9.17, 15) is 5.11 Å². The van der Waals surface area contributed by atoms with Gasteiger partial charge in [0, 0.05) is 17.5 Å². The largest absolute Gasteiger partial charge is 0.490 e. The number of halogens is 1. The lowest BCUT2D eigenvalue weighted by Gasteiger charge is -2.18. The summed E-state index contributed by atoms with van der Waals surface area (Å²) >= 11 is 1.72. The van der Waals surface area contributed by atoms with Crippen LogP contribution in [0.15, 0.2) is 35.7 Å². The van der Waals surface area contributed by atoms with Crippen LogP contribution in [0.2, 0.25) is 0 Å². The first-order valence-electron chi connectivity index (χ1n) is 7.21. The summed E-state index contributed by atoms with van der Waals surface area (Å²) in [4.78, 5) is 1.28. The molecule has 1 aromatic heterocycles. The highest BCUT2D eigenvalue weighted by molar-refractivity contribution is 7.10. The Labute approximate surface area is 142 Å². The Hall–Kier alpha value is -1.07. The standard InChI is InChI=1S/C17H23NO2S.ClH/c1-12-6-4-7-13(2)17(12)20-11-15(19)10-18-14(3)16-8-5-9-21-16;/h4-9,14-15,18-19H,10-11H2,1-3H3;1H. The molecule has 0 fully saturated rings. The van der Waals surface area contributed by atoms with Crippen LogP contribution in [-0.2, 0) is 0 Å². The zero-order valence-electron chi connectivity index (χ0n) is 13.2. The molecule has 0 spiro atoms. The Morgan fingerprint density at radius 3 is 2.45 bits per heavy atom. The van der Waals surface area contributed by atoms with Crippen LogP contribution in [0.25, 0.3) is 0 Å². The molecule has 5 heteroatoms. The summed E-state index contributed by atoms with van der Waals surface area (Å²) in [5.74, 6) is 0.878. The van der Waals surface area contributed by atoms with Crippen LogP contribution in [0.4, 0.5) is 0 Å². The van der Waals surface area contributed by atoms with Crippen LogP contribution in [-0.4, -0.2) is 24.4 Å². The molecule has 1 heterocycles. The fraction of sp³-hybridized carbons (Fsp3) is 0.412. The van der Waals surface area contributed by atoms with E-state index in [0.717, 1.165) is 16.9 Å². The van der Waals surface area contributed by atoms with Gasteiger partial charge in [-0.2, -0.15) is 0 Å². The molecule has 0 aliphatic rings. The monoisotopic (exact) mass is 341 g/mol. The summed E-state index contributed by atoms with van der Waals surface area (Å²) in [5.41, 5.74) is 2.20. The zero-order valence-corrected chi connectivity index (χ0v) is 14.8. The van der Waals surface area contributed by atoms with Gasteiger partial charge in [-0.25, -0.2) is 0 Å². The molecule has 0 saturated heterocycles. The molecular formula is C17H24ClNO2S. The number of aliphatic hydroxyl groups is 1. The van der Waals surface area contributed by atoms with Gasteiger partial charge in [0.15, 0.2) is 0 Å². The predicted molar refractivity (Wildman–Crippen MR) is 95.4 cm³/mol. The quantitative estimate of drug-likeness (QED) is 0.803. The maximum absolute atomic E-state index is 10.1. The summed E-state index contributed by atoms with van der Waals surface area (Å²) in [6.07, 6.45) is -0.522. The second-order valence-corrected chi connectivity index (χ2v) is 6.31. The smallest absolute Gasteiger partial charge is 0.125 e. The van der Waals surface area contributed by atoms with Crippen molar-refractivity contribution in [2.24, 2.45) is 0 Å². The van der Waals surface area contributed by atoms with Gasteiger partial charge in [0.1, 0.15) is 18.5 Å². The Morgan fingerprint density at radius 2 is 1.86 bits per heavy atom. The lowest BCUT2D eigenvalue weighted by Crippen LogP contribution is -2.32. The topological polar surface area (TPSA) is 41.5 Å². The van der Waals surface area contributed by atoms with Crippen molar-refractivity contribution >= 4 is 23.7 Å². The minimum atomic E-state index is -0.522. The van der Waals surface area contributed by atoms with E-state index in [-0.39, 0.29) is 18.4 Å². The van der Waals surface area contributed by atoms with E-state index in [0.29, 0.717) is 13.2 Å². The lowest BCUT2D eigenvalue weighted by atomic mass is 10.1. The molecular weight excluding hydrogens is 318 g/mol. The number of rotatable bonds is 7. The Bertz CT molecular complexity index is 540. The number of aryl methyl sites for hydroxylation is 2. The maximum Gasteiger partial charge on any atom is 0.125 e. The Balaban J connectivity index is 0.00000242. The zero-order chi connectivity index (χ0) is 15.2.